The minimum atomic E-state index is -0.0934. The van der Waals surface area contributed by atoms with Crippen LogP contribution in [-0.2, 0) is 11.3 Å². The molecule has 2 amide bonds. The normalized spacial score (nSPS) is 15.0. The van der Waals surface area contributed by atoms with Gasteiger partial charge in [-0.15, -0.1) is 5.10 Å². The van der Waals surface area contributed by atoms with Gasteiger partial charge in [0.1, 0.15) is 5.52 Å². The molecule has 0 aliphatic carbocycles. The second-order valence-electron chi connectivity index (χ2n) is 6.90. The standard InChI is InChI=1S/C20H22N6O2/c1-2-26-18-4-3-15(13-17(18)23-24-26)20(28)25-11-7-14(8-12-25)19(27)22-16-5-9-21-10-6-16/h3-6,9-10,13-14H,2,7-8,11-12H2,1H3,(H,21,22,27). The molecular weight excluding hydrogens is 356 g/mol. The highest BCUT2D eigenvalue weighted by atomic mass is 16.2. The largest absolute Gasteiger partial charge is 0.339 e. The lowest BCUT2D eigenvalue weighted by Gasteiger charge is -2.31. The summed E-state index contributed by atoms with van der Waals surface area (Å²) in [5.41, 5.74) is 2.99. The second-order valence-corrected chi connectivity index (χ2v) is 6.90. The van der Waals surface area contributed by atoms with E-state index in [1.54, 1.807) is 35.3 Å². The van der Waals surface area contributed by atoms with Gasteiger partial charge in [-0.1, -0.05) is 5.21 Å². The molecule has 1 aliphatic heterocycles. The predicted molar refractivity (Wildman–Crippen MR) is 105 cm³/mol. The van der Waals surface area contributed by atoms with Crippen LogP contribution in [0.4, 0.5) is 5.69 Å². The fourth-order valence-electron chi connectivity index (χ4n) is 3.55. The number of hydrogen-bond donors (Lipinski definition) is 1. The van der Waals surface area contributed by atoms with E-state index in [0.29, 0.717) is 31.5 Å². The maximum atomic E-state index is 12.9. The minimum absolute atomic E-state index is 0.00380. The van der Waals surface area contributed by atoms with Crippen molar-refractivity contribution in [2.24, 2.45) is 5.92 Å². The topological polar surface area (TPSA) is 93.0 Å². The van der Waals surface area contributed by atoms with E-state index in [9.17, 15) is 9.59 Å². The smallest absolute Gasteiger partial charge is 0.253 e. The molecule has 8 nitrogen and oxygen atoms in total. The number of rotatable bonds is 4. The molecule has 1 saturated heterocycles. The highest BCUT2D eigenvalue weighted by Gasteiger charge is 2.28. The van der Waals surface area contributed by atoms with E-state index >= 15 is 0 Å². The van der Waals surface area contributed by atoms with Crippen molar-refractivity contribution < 1.29 is 9.59 Å². The van der Waals surface area contributed by atoms with Gasteiger partial charge in [0.15, 0.2) is 0 Å². The molecule has 1 aliphatic rings. The van der Waals surface area contributed by atoms with Gasteiger partial charge in [0, 0.05) is 49.2 Å². The Balaban J connectivity index is 1.38. The van der Waals surface area contributed by atoms with Crippen LogP contribution in [0.15, 0.2) is 42.7 Å². The Kier molecular flexibility index (Phi) is 5.01. The molecule has 0 spiro atoms. The van der Waals surface area contributed by atoms with E-state index in [1.807, 2.05) is 24.0 Å². The van der Waals surface area contributed by atoms with Crippen LogP contribution >= 0.6 is 0 Å². The monoisotopic (exact) mass is 378 g/mol. The molecule has 8 heteroatoms. The summed E-state index contributed by atoms with van der Waals surface area (Å²) in [6, 6.07) is 9.03. The molecule has 0 unspecified atom stereocenters. The summed E-state index contributed by atoms with van der Waals surface area (Å²) in [6.45, 7) is 3.86. The molecule has 144 valence electrons. The summed E-state index contributed by atoms with van der Waals surface area (Å²) >= 11 is 0. The first-order chi connectivity index (χ1) is 13.7. The summed E-state index contributed by atoms with van der Waals surface area (Å²) in [5.74, 6) is -0.124. The number of anilines is 1. The maximum absolute atomic E-state index is 12.9. The van der Waals surface area contributed by atoms with Gasteiger partial charge in [0.2, 0.25) is 5.91 Å². The SMILES string of the molecule is CCn1nnc2cc(C(=O)N3CCC(C(=O)Nc4ccncc4)CC3)ccc21. The number of hydrogen-bond acceptors (Lipinski definition) is 5. The van der Waals surface area contributed by atoms with Crippen LogP contribution in [0.2, 0.25) is 0 Å². The van der Waals surface area contributed by atoms with Gasteiger partial charge >= 0.3 is 0 Å². The van der Waals surface area contributed by atoms with Gasteiger partial charge in [0.25, 0.3) is 5.91 Å². The average Bonchev–Trinajstić information content (AvgIpc) is 3.16. The molecule has 28 heavy (non-hydrogen) atoms. The lowest BCUT2D eigenvalue weighted by atomic mass is 9.95. The Hall–Kier alpha value is -3.29. The highest BCUT2D eigenvalue weighted by molar-refractivity contribution is 5.97. The third kappa shape index (κ3) is 3.58. The summed E-state index contributed by atoms with van der Waals surface area (Å²) in [6.07, 6.45) is 4.59. The van der Waals surface area contributed by atoms with Crippen LogP contribution in [0.1, 0.15) is 30.1 Å². The number of fused-ring (bicyclic) bond motifs is 1. The van der Waals surface area contributed by atoms with Crippen LogP contribution in [0, 0.1) is 5.92 Å². The van der Waals surface area contributed by atoms with E-state index < -0.39 is 0 Å². The zero-order valence-electron chi connectivity index (χ0n) is 15.7. The number of benzene rings is 1. The van der Waals surface area contributed by atoms with Crippen molar-refractivity contribution in [3.8, 4) is 0 Å². The molecule has 0 radical (unpaired) electrons. The number of amides is 2. The zero-order chi connectivity index (χ0) is 19.5. The van der Waals surface area contributed by atoms with Gasteiger partial charge in [-0.3, -0.25) is 14.6 Å². The van der Waals surface area contributed by atoms with Crippen molar-refractivity contribution in [3.63, 3.8) is 0 Å². The molecule has 2 aromatic heterocycles. The zero-order valence-corrected chi connectivity index (χ0v) is 15.7. The molecule has 3 aromatic rings. The first-order valence-corrected chi connectivity index (χ1v) is 9.49. The van der Waals surface area contributed by atoms with Crippen molar-refractivity contribution >= 4 is 28.5 Å². The number of nitrogens with zero attached hydrogens (tertiary/aromatic N) is 5. The van der Waals surface area contributed by atoms with Crippen LogP contribution in [0.3, 0.4) is 0 Å². The van der Waals surface area contributed by atoms with Crippen molar-refractivity contribution in [2.45, 2.75) is 26.3 Å². The van der Waals surface area contributed by atoms with Crippen molar-refractivity contribution in [1.82, 2.24) is 24.9 Å². The van der Waals surface area contributed by atoms with E-state index in [2.05, 4.69) is 20.6 Å². The molecule has 0 bridgehead atoms. The quantitative estimate of drug-likeness (QED) is 0.752. The highest BCUT2D eigenvalue weighted by Crippen LogP contribution is 2.22. The molecule has 0 saturated carbocycles. The van der Waals surface area contributed by atoms with E-state index in [-0.39, 0.29) is 17.7 Å². The van der Waals surface area contributed by atoms with Crippen LogP contribution < -0.4 is 5.32 Å². The molecule has 1 aromatic carbocycles. The molecule has 0 atom stereocenters. The van der Waals surface area contributed by atoms with Gasteiger partial charge in [0.05, 0.1) is 5.52 Å². The number of nitrogens with one attached hydrogen (secondary N) is 1. The van der Waals surface area contributed by atoms with Crippen molar-refractivity contribution in [3.05, 3.63) is 48.3 Å². The van der Waals surface area contributed by atoms with Crippen LogP contribution in [0.25, 0.3) is 11.0 Å². The molecular formula is C20H22N6O2. The van der Waals surface area contributed by atoms with Gasteiger partial charge in [-0.05, 0) is 50.1 Å². The Morgan fingerprint density at radius 3 is 2.61 bits per heavy atom. The molecule has 4 rings (SSSR count). The number of pyridine rings is 1. The van der Waals surface area contributed by atoms with E-state index in [0.717, 1.165) is 23.3 Å². The summed E-state index contributed by atoms with van der Waals surface area (Å²) in [7, 11) is 0. The molecule has 1 N–H and O–H groups in total. The number of aryl methyl sites for hydroxylation is 1. The number of carbonyl (C=O) groups excluding carboxylic acids is 2. The fraction of sp³-hybridized carbons (Fsp3) is 0.350. The average molecular weight is 378 g/mol. The maximum Gasteiger partial charge on any atom is 0.253 e. The number of piperidine rings is 1. The molecule has 1 fully saturated rings. The summed E-state index contributed by atoms with van der Waals surface area (Å²) in [4.78, 5) is 31.0. The third-order valence-corrected chi connectivity index (χ3v) is 5.16. The number of aromatic nitrogens is 4. The summed E-state index contributed by atoms with van der Waals surface area (Å²) < 4.78 is 1.80. The second kappa shape index (κ2) is 7.75. The third-order valence-electron chi connectivity index (χ3n) is 5.16. The van der Waals surface area contributed by atoms with Crippen molar-refractivity contribution in [2.75, 3.05) is 18.4 Å². The van der Waals surface area contributed by atoms with E-state index in [1.165, 1.54) is 0 Å². The van der Waals surface area contributed by atoms with Crippen LogP contribution in [0.5, 0.6) is 0 Å². The predicted octanol–water partition coefficient (Wildman–Crippen LogP) is 2.34. The lowest BCUT2D eigenvalue weighted by molar-refractivity contribution is -0.121. The Morgan fingerprint density at radius 1 is 1.14 bits per heavy atom. The van der Waals surface area contributed by atoms with Gasteiger partial charge < -0.3 is 10.2 Å². The van der Waals surface area contributed by atoms with Crippen molar-refractivity contribution in [1.29, 1.82) is 0 Å². The van der Waals surface area contributed by atoms with Crippen LogP contribution in [-0.4, -0.2) is 49.8 Å². The first-order valence-electron chi connectivity index (χ1n) is 9.49. The Bertz CT molecular complexity index is 992. The van der Waals surface area contributed by atoms with Gasteiger partial charge in [-0.2, -0.15) is 0 Å². The Morgan fingerprint density at radius 2 is 1.89 bits per heavy atom. The molecule has 3 heterocycles. The lowest BCUT2D eigenvalue weighted by Crippen LogP contribution is -2.41. The first kappa shape index (κ1) is 18.1. The number of likely N-dealkylation sites (tertiary alicyclic amines) is 1. The summed E-state index contributed by atoms with van der Waals surface area (Å²) in [5, 5.41) is 11.1. The number of carbonyl (C=O) groups is 2. The Labute approximate surface area is 162 Å². The fourth-order valence-corrected chi connectivity index (χ4v) is 3.55. The van der Waals surface area contributed by atoms with Gasteiger partial charge in [-0.25, -0.2) is 4.68 Å². The van der Waals surface area contributed by atoms with E-state index in [4.69, 9.17) is 0 Å². The minimum Gasteiger partial charge on any atom is -0.339 e.